The van der Waals surface area contributed by atoms with Crippen molar-refractivity contribution in [1.82, 2.24) is 15.1 Å². The number of thiophene rings is 1. The van der Waals surface area contributed by atoms with E-state index < -0.39 is 0 Å². The van der Waals surface area contributed by atoms with Gasteiger partial charge in [-0.05, 0) is 36.1 Å². The molecule has 1 N–H and O–H groups in total. The molecule has 0 saturated carbocycles. The fourth-order valence-electron chi connectivity index (χ4n) is 3.87. The molecular formula is C21H31N3O2S. The molecule has 0 spiro atoms. The van der Waals surface area contributed by atoms with Crippen molar-refractivity contribution in [2.24, 2.45) is 5.41 Å². The van der Waals surface area contributed by atoms with Crippen LogP contribution in [0.3, 0.4) is 0 Å². The van der Waals surface area contributed by atoms with Crippen LogP contribution in [0.25, 0.3) is 0 Å². The van der Waals surface area contributed by atoms with Crippen LogP contribution in [-0.2, 0) is 4.79 Å². The number of hydrogen-bond donors (Lipinski definition) is 1. The molecule has 1 atom stereocenters. The molecule has 2 aliphatic rings. The van der Waals surface area contributed by atoms with Crippen molar-refractivity contribution in [3.8, 4) is 0 Å². The van der Waals surface area contributed by atoms with Gasteiger partial charge in [-0.15, -0.1) is 11.3 Å². The van der Waals surface area contributed by atoms with Gasteiger partial charge in [0.25, 0.3) is 5.91 Å². The molecule has 2 amide bonds. The number of nitrogens with one attached hydrogen (secondary N) is 1. The second-order valence-corrected chi connectivity index (χ2v) is 9.40. The largest absolute Gasteiger partial charge is 0.353 e. The minimum Gasteiger partial charge on any atom is -0.353 e. The van der Waals surface area contributed by atoms with E-state index in [1.165, 1.54) is 16.9 Å². The van der Waals surface area contributed by atoms with Crippen LogP contribution in [0.1, 0.15) is 49.7 Å². The lowest BCUT2D eigenvalue weighted by molar-refractivity contribution is -0.124. The average molecular weight is 390 g/mol. The number of nitrogens with zero attached hydrogens (tertiary/aromatic N) is 2. The summed E-state index contributed by atoms with van der Waals surface area (Å²) in [6.07, 6.45) is 5.08. The van der Waals surface area contributed by atoms with Gasteiger partial charge in [0.15, 0.2) is 0 Å². The molecule has 0 unspecified atom stereocenters. The van der Waals surface area contributed by atoms with Crippen LogP contribution in [0.5, 0.6) is 0 Å². The molecule has 5 nitrogen and oxygen atoms in total. The maximum absolute atomic E-state index is 12.6. The van der Waals surface area contributed by atoms with Gasteiger partial charge in [-0.3, -0.25) is 14.5 Å². The maximum Gasteiger partial charge on any atom is 0.264 e. The third kappa shape index (κ3) is 4.99. The summed E-state index contributed by atoms with van der Waals surface area (Å²) in [6.45, 7) is 10.9. The Bertz CT molecular complexity index is 691. The molecule has 3 heterocycles. The number of carbonyl (C=O) groups excluding carboxylic acids is 2. The van der Waals surface area contributed by atoms with Crippen molar-refractivity contribution in [3.63, 3.8) is 0 Å². The lowest BCUT2D eigenvalue weighted by atomic mass is 9.83. The minimum absolute atomic E-state index is 0.0136. The smallest absolute Gasteiger partial charge is 0.264 e. The zero-order valence-electron chi connectivity index (χ0n) is 16.7. The summed E-state index contributed by atoms with van der Waals surface area (Å²) in [4.78, 5) is 30.0. The first-order valence-electron chi connectivity index (χ1n) is 9.90. The van der Waals surface area contributed by atoms with Gasteiger partial charge in [-0.25, -0.2) is 0 Å². The monoisotopic (exact) mass is 389 g/mol. The van der Waals surface area contributed by atoms with Gasteiger partial charge in [0.2, 0.25) is 5.91 Å². The molecule has 1 saturated heterocycles. The van der Waals surface area contributed by atoms with Crippen molar-refractivity contribution >= 4 is 23.2 Å². The Morgan fingerprint density at radius 3 is 2.74 bits per heavy atom. The summed E-state index contributed by atoms with van der Waals surface area (Å²) in [5.74, 6) is -0.0288. The van der Waals surface area contributed by atoms with Gasteiger partial charge in [0.1, 0.15) is 6.04 Å². The number of likely N-dealkylation sites (tertiary alicyclic amines) is 1. The third-order valence-electron chi connectivity index (χ3n) is 5.53. The Morgan fingerprint density at radius 2 is 2.11 bits per heavy atom. The van der Waals surface area contributed by atoms with Gasteiger partial charge in [-0.1, -0.05) is 38.5 Å². The number of carbonyl (C=O) groups is 2. The number of rotatable bonds is 5. The molecule has 1 aromatic heterocycles. The number of hydrogen-bond acceptors (Lipinski definition) is 4. The van der Waals surface area contributed by atoms with Gasteiger partial charge >= 0.3 is 0 Å². The van der Waals surface area contributed by atoms with Gasteiger partial charge in [-0.2, -0.15) is 0 Å². The van der Waals surface area contributed by atoms with E-state index in [1.807, 2.05) is 17.5 Å². The highest BCUT2D eigenvalue weighted by Crippen LogP contribution is 2.29. The molecular weight excluding hydrogens is 358 g/mol. The molecule has 0 bridgehead atoms. The normalized spacial score (nSPS) is 21.2. The van der Waals surface area contributed by atoms with Crippen molar-refractivity contribution < 1.29 is 9.59 Å². The summed E-state index contributed by atoms with van der Waals surface area (Å²) in [6, 6.07) is 3.38. The first kappa shape index (κ1) is 20.1. The first-order valence-corrected chi connectivity index (χ1v) is 10.8. The van der Waals surface area contributed by atoms with Crippen LogP contribution < -0.4 is 5.32 Å². The number of amides is 2. The van der Waals surface area contributed by atoms with Crippen LogP contribution in [-0.4, -0.2) is 60.4 Å². The molecule has 1 fully saturated rings. The average Bonchev–Trinajstić information content (AvgIpc) is 3.32. The van der Waals surface area contributed by atoms with Crippen molar-refractivity contribution in [3.05, 3.63) is 34.0 Å². The lowest BCUT2D eigenvalue weighted by Gasteiger charge is -2.32. The van der Waals surface area contributed by atoms with E-state index in [4.69, 9.17) is 0 Å². The van der Waals surface area contributed by atoms with Gasteiger partial charge in [0, 0.05) is 32.7 Å². The van der Waals surface area contributed by atoms with E-state index in [0.717, 1.165) is 38.9 Å². The Morgan fingerprint density at radius 1 is 1.30 bits per heavy atom. The predicted molar refractivity (Wildman–Crippen MR) is 110 cm³/mol. The summed E-state index contributed by atoms with van der Waals surface area (Å²) in [7, 11) is 0. The molecule has 6 heteroatoms. The zero-order chi connectivity index (χ0) is 19.4. The third-order valence-corrected chi connectivity index (χ3v) is 6.39. The standard InChI is InChI=1S/C21H31N3O2S/c1-21(2,3)16-8-12-23(13-9-16)14-10-22-19(25)17-6-4-11-24(17)20(26)18-7-5-15-27-18/h5,7-8,15,17H,4,6,9-14H2,1-3H3,(H,22,25)/t17-/m0/s1. The van der Waals surface area contributed by atoms with Crippen LogP contribution >= 0.6 is 11.3 Å². The van der Waals surface area contributed by atoms with Crippen molar-refractivity contribution in [1.29, 1.82) is 0 Å². The van der Waals surface area contributed by atoms with E-state index in [1.54, 1.807) is 4.90 Å². The minimum atomic E-state index is -0.326. The highest BCUT2D eigenvalue weighted by molar-refractivity contribution is 7.12. The van der Waals surface area contributed by atoms with Crippen LogP contribution in [0.2, 0.25) is 0 Å². The van der Waals surface area contributed by atoms with Crippen LogP contribution in [0.4, 0.5) is 0 Å². The fraction of sp³-hybridized carbons (Fsp3) is 0.619. The topological polar surface area (TPSA) is 52.7 Å². The van der Waals surface area contributed by atoms with Gasteiger partial charge < -0.3 is 10.2 Å². The summed E-state index contributed by atoms with van der Waals surface area (Å²) in [5, 5.41) is 4.95. The second-order valence-electron chi connectivity index (χ2n) is 8.45. The van der Waals surface area contributed by atoms with Gasteiger partial charge in [0.05, 0.1) is 4.88 Å². The predicted octanol–water partition coefficient (Wildman–Crippen LogP) is 3.15. The Hall–Kier alpha value is -1.66. The Balaban J connectivity index is 1.45. The quantitative estimate of drug-likeness (QED) is 0.787. The van der Waals surface area contributed by atoms with E-state index in [2.05, 4.69) is 37.1 Å². The molecule has 148 valence electrons. The van der Waals surface area contributed by atoms with E-state index in [9.17, 15) is 9.59 Å². The van der Waals surface area contributed by atoms with E-state index in [-0.39, 0.29) is 23.3 Å². The molecule has 0 aliphatic carbocycles. The first-order chi connectivity index (χ1) is 12.9. The Kier molecular flexibility index (Phi) is 6.37. The van der Waals surface area contributed by atoms with Crippen molar-refractivity contribution in [2.75, 3.05) is 32.7 Å². The molecule has 2 aliphatic heterocycles. The van der Waals surface area contributed by atoms with E-state index >= 15 is 0 Å². The zero-order valence-corrected chi connectivity index (χ0v) is 17.5. The van der Waals surface area contributed by atoms with Crippen molar-refractivity contribution in [2.45, 2.75) is 46.1 Å². The summed E-state index contributed by atoms with van der Waals surface area (Å²) >= 11 is 1.43. The molecule has 0 aromatic carbocycles. The molecule has 1 aromatic rings. The second kappa shape index (κ2) is 8.57. The molecule has 3 rings (SSSR count). The lowest BCUT2D eigenvalue weighted by Crippen LogP contribution is -2.47. The molecule has 0 radical (unpaired) electrons. The summed E-state index contributed by atoms with van der Waals surface area (Å²) < 4.78 is 0. The van der Waals surface area contributed by atoms with Crippen LogP contribution in [0.15, 0.2) is 29.2 Å². The molecule has 27 heavy (non-hydrogen) atoms. The van der Waals surface area contributed by atoms with E-state index in [0.29, 0.717) is 18.0 Å². The highest BCUT2D eigenvalue weighted by Gasteiger charge is 2.34. The maximum atomic E-state index is 12.6. The van der Waals surface area contributed by atoms with Crippen LogP contribution in [0, 0.1) is 5.41 Å². The Labute approximate surface area is 166 Å². The highest BCUT2D eigenvalue weighted by atomic mass is 32.1. The SMILES string of the molecule is CC(C)(C)C1=CCN(CCNC(=O)[C@@H]2CCCN2C(=O)c2cccs2)CC1. The summed E-state index contributed by atoms with van der Waals surface area (Å²) in [5.41, 5.74) is 1.78. The fourth-order valence-corrected chi connectivity index (χ4v) is 4.55.